The summed E-state index contributed by atoms with van der Waals surface area (Å²) < 4.78 is 5.34. The highest BCUT2D eigenvalue weighted by molar-refractivity contribution is 5.09. The number of hydrogen-bond donors (Lipinski definition) is 1. The molecule has 0 spiro atoms. The van der Waals surface area contributed by atoms with Crippen molar-refractivity contribution in [1.29, 1.82) is 0 Å². The van der Waals surface area contributed by atoms with E-state index in [0.29, 0.717) is 24.1 Å². The van der Waals surface area contributed by atoms with Gasteiger partial charge in [-0.05, 0) is 37.8 Å². The standard InChI is InChI=1S/C14H17N3O2/c18-12-6-4-10(5-7-12)14-16-13(17-19-14)9-11-3-1-2-8-15-11/h1-3,8,10,12,18H,4-7,9H2. The lowest BCUT2D eigenvalue weighted by Gasteiger charge is -2.22. The predicted molar refractivity (Wildman–Crippen MR) is 68.6 cm³/mol. The average Bonchev–Trinajstić information content (AvgIpc) is 2.89. The zero-order valence-corrected chi connectivity index (χ0v) is 10.7. The van der Waals surface area contributed by atoms with Gasteiger partial charge < -0.3 is 9.63 Å². The number of aromatic nitrogens is 3. The van der Waals surface area contributed by atoms with E-state index in [9.17, 15) is 5.11 Å². The topological polar surface area (TPSA) is 72.0 Å². The van der Waals surface area contributed by atoms with E-state index in [4.69, 9.17) is 4.52 Å². The Hall–Kier alpha value is -1.75. The van der Waals surface area contributed by atoms with E-state index in [1.165, 1.54) is 0 Å². The summed E-state index contributed by atoms with van der Waals surface area (Å²) in [6.45, 7) is 0. The van der Waals surface area contributed by atoms with Crippen molar-refractivity contribution in [3.8, 4) is 0 Å². The molecule has 0 radical (unpaired) electrons. The second kappa shape index (κ2) is 5.48. The van der Waals surface area contributed by atoms with Crippen molar-refractivity contribution in [2.75, 3.05) is 0 Å². The molecule has 0 saturated heterocycles. The second-order valence-electron chi connectivity index (χ2n) is 5.05. The van der Waals surface area contributed by atoms with Gasteiger partial charge in [-0.3, -0.25) is 4.98 Å². The fraction of sp³-hybridized carbons (Fsp3) is 0.500. The Labute approximate surface area is 111 Å². The molecular formula is C14H17N3O2. The Bertz CT molecular complexity index is 518. The molecule has 0 unspecified atom stereocenters. The number of rotatable bonds is 3. The highest BCUT2D eigenvalue weighted by atomic mass is 16.5. The van der Waals surface area contributed by atoms with E-state index in [0.717, 1.165) is 31.4 Å². The Balaban J connectivity index is 1.66. The van der Waals surface area contributed by atoms with Crippen LogP contribution in [0.15, 0.2) is 28.9 Å². The molecule has 5 heteroatoms. The molecule has 100 valence electrons. The van der Waals surface area contributed by atoms with Gasteiger partial charge in [0.25, 0.3) is 0 Å². The van der Waals surface area contributed by atoms with Gasteiger partial charge in [0.1, 0.15) is 0 Å². The molecule has 5 nitrogen and oxygen atoms in total. The number of hydrogen-bond acceptors (Lipinski definition) is 5. The Morgan fingerprint density at radius 2 is 2.05 bits per heavy atom. The summed E-state index contributed by atoms with van der Waals surface area (Å²) in [5.41, 5.74) is 0.939. The van der Waals surface area contributed by atoms with Gasteiger partial charge in [0, 0.05) is 17.8 Å². The van der Waals surface area contributed by atoms with Gasteiger partial charge in [-0.2, -0.15) is 4.98 Å². The molecule has 0 bridgehead atoms. The Morgan fingerprint density at radius 3 is 2.79 bits per heavy atom. The van der Waals surface area contributed by atoms with Crippen molar-refractivity contribution >= 4 is 0 Å². The number of nitrogens with zero attached hydrogens (tertiary/aromatic N) is 3. The van der Waals surface area contributed by atoms with Crippen LogP contribution in [0.25, 0.3) is 0 Å². The van der Waals surface area contributed by atoms with Gasteiger partial charge in [0.05, 0.1) is 12.5 Å². The molecule has 1 aliphatic rings. The maximum absolute atomic E-state index is 9.50. The van der Waals surface area contributed by atoms with Crippen molar-refractivity contribution in [3.05, 3.63) is 41.8 Å². The highest BCUT2D eigenvalue weighted by Gasteiger charge is 2.25. The van der Waals surface area contributed by atoms with Crippen LogP contribution in [0.1, 0.15) is 49.0 Å². The molecule has 0 aliphatic heterocycles. The van der Waals surface area contributed by atoms with Crippen molar-refractivity contribution in [2.45, 2.75) is 44.1 Å². The predicted octanol–water partition coefficient (Wildman–Crippen LogP) is 2.07. The fourth-order valence-electron chi connectivity index (χ4n) is 2.49. The monoisotopic (exact) mass is 259 g/mol. The maximum atomic E-state index is 9.50. The van der Waals surface area contributed by atoms with Gasteiger partial charge in [-0.1, -0.05) is 11.2 Å². The molecule has 1 fully saturated rings. The SMILES string of the molecule is OC1CCC(c2nc(Cc3ccccn3)no2)CC1. The number of aliphatic hydroxyl groups excluding tert-OH is 1. The molecule has 3 rings (SSSR count). The number of pyridine rings is 1. The molecule has 0 aromatic carbocycles. The van der Waals surface area contributed by atoms with E-state index >= 15 is 0 Å². The summed E-state index contributed by atoms with van der Waals surface area (Å²) in [5.74, 6) is 1.69. The van der Waals surface area contributed by atoms with Crippen LogP contribution in [0.2, 0.25) is 0 Å². The summed E-state index contributed by atoms with van der Waals surface area (Å²) in [6.07, 6.45) is 5.69. The van der Waals surface area contributed by atoms with E-state index in [1.807, 2.05) is 18.2 Å². The minimum absolute atomic E-state index is 0.160. The van der Waals surface area contributed by atoms with Crippen LogP contribution < -0.4 is 0 Å². The fourth-order valence-corrected chi connectivity index (χ4v) is 2.49. The summed E-state index contributed by atoms with van der Waals surface area (Å²) in [5, 5.41) is 13.5. The van der Waals surface area contributed by atoms with Crippen LogP contribution >= 0.6 is 0 Å². The molecule has 19 heavy (non-hydrogen) atoms. The molecule has 0 atom stereocenters. The summed E-state index contributed by atoms with van der Waals surface area (Å²) in [4.78, 5) is 8.71. The molecule has 2 aromatic rings. The quantitative estimate of drug-likeness (QED) is 0.913. The van der Waals surface area contributed by atoms with E-state index in [1.54, 1.807) is 6.20 Å². The third-order valence-electron chi connectivity index (χ3n) is 3.60. The average molecular weight is 259 g/mol. The van der Waals surface area contributed by atoms with Crippen molar-refractivity contribution in [3.63, 3.8) is 0 Å². The van der Waals surface area contributed by atoms with Crippen molar-refractivity contribution < 1.29 is 9.63 Å². The van der Waals surface area contributed by atoms with Crippen LogP contribution in [-0.4, -0.2) is 26.3 Å². The third kappa shape index (κ3) is 2.98. The third-order valence-corrected chi connectivity index (χ3v) is 3.60. The number of aliphatic hydroxyl groups is 1. The van der Waals surface area contributed by atoms with Gasteiger partial charge in [0.15, 0.2) is 5.82 Å². The highest BCUT2D eigenvalue weighted by Crippen LogP contribution is 2.31. The van der Waals surface area contributed by atoms with E-state index in [2.05, 4.69) is 15.1 Å². The molecule has 1 N–H and O–H groups in total. The largest absolute Gasteiger partial charge is 0.393 e. The summed E-state index contributed by atoms with van der Waals surface area (Å²) >= 11 is 0. The first-order valence-electron chi connectivity index (χ1n) is 6.71. The summed E-state index contributed by atoms with van der Waals surface area (Å²) in [6, 6.07) is 5.79. The molecule has 2 heterocycles. The first-order valence-corrected chi connectivity index (χ1v) is 6.71. The zero-order valence-electron chi connectivity index (χ0n) is 10.7. The van der Waals surface area contributed by atoms with Gasteiger partial charge in [0.2, 0.25) is 5.89 Å². The first-order chi connectivity index (χ1) is 9.31. The van der Waals surface area contributed by atoms with Crippen LogP contribution in [0.5, 0.6) is 0 Å². The van der Waals surface area contributed by atoms with Crippen LogP contribution in [0, 0.1) is 0 Å². The van der Waals surface area contributed by atoms with E-state index < -0.39 is 0 Å². The van der Waals surface area contributed by atoms with Crippen molar-refractivity contribution in [1.82, 2.24) is 15.1 Å². The van der Waals surface area contributed by atoms with E-state index in [-0.39, 0.29) is 6.10 Å². The van der Waals surface area contributed by atoms with Gasteiger partial charge in [-0.25, -0.2) is 0 Å². The second-order valence-corrected chi connectivity index (χ2v) is 5.05. The minimum Gasteiger partial charge on any atom is -0.393 e. The lowest BCUT2D eigenvalue weighted by molar-refractivity contribution is 0.116. The molecule has 0 amide bonds. The van der Waals surface area contributed by atoms with Crippen molar-refractivity contribution in [2.24, 2.45) is 0 Å². The first kappa shape index (κ1) is 12.3. The molecule has 2 aromatic heterocycles. The smallest absolute Gasteiger partial charge is 0.229 e. The zero-order chi connectivity index (χ0) is 13.1. The Kier molecular flexibility index (Phi) is 3.55. The van der Waals surface area contributed by atoms with Crippen LogP contribution in [-0.2, 0) is 6.42 Å². The lowest BCUT2D eigenvalue weighted by Crippen LogP contribution is -2.17. The normalized spacial score (nSPS) is 23.4. The van der Waals surface area contributed by atoms with Crippen LogP contribution in [0.4, 0.5) is 0 Å². The Morgan fingerprint density at radius 1 is 1.21 bits per heavy atom. The van der Waals surface area contributed by atoms with Gasteiger partial charge >= 0.3 is 0 Å². The maximum Gasteiger partial charge on any atom is 0.229 e. The van der Waals surface area contributed by atoms with Crippen LogP contribution in [0.3, 0.4) is 0 Å². The lowest BCUT2D eigenvalue weighted by atomic mass is 9.87. The summed E-state index contributed by atoms with van der Waals surface area (Å²) in [7, 11) is 0. The molecule has 1 aliphatic carbocycles. The molecule has 1 saturated carbocycles. The minimum atomic E-state index is -0.160. The molecular weight excluding hydrogens is 242 g/mol. The van der Waals surface area contributed by atoms with Gasteiger partial charge in [-0.15, -0.1) is 0 Å².